The predicted octanol–water partition coefficient (Wildman–Crippen LogP) is 1.62. The van der Waals surface area contributed by atoms with Crippen LogP contribution in [-0.2, 0) is 14.3 Å². The first-order valence-corrected chi connectivity index (χ1v) is 6.45. The summed E-state index contributed by atoms with van der Waals surface area (Å²) < 4.78 is 10.9. The largest absolute Gasteiger partial charge is 0.469 e. The van der Waals surface area contributed by atoms with Crippen molar-refractivity contribution in [3.05, 3.63) is 23.7 Å². The third kappa shape index (κ3) is 1.09. The van der Waals surface area contributed by atoms with Gasteiger partial charge in [0, 0.05) is 5.56 Å². The fraction of sp³-hybridized carbons (Fsp3) is 0.571. The second-order valence-electron chi connectivity index (χ2n) is 5.51. The number of hydrogen-bond acceptors (Lipinski definition) is 4. The second-order valence-corrected chi connectivity index (χ2v) is 5.51. The van der Waals surface area contributed by atoms with Crippen LogP contribution in [0.25, 0.3) is 0 Å². The summed E-state index contributed by atoms with van der Waals surface area (Å²) >= 11 is 0. The van der Waals surface area contributed by atoms with Crippen LogP contribution in [0.1, 0.15) is 30.1 Å². The Balaban J connectivity index is 1.78. The highest BCUT2D eigenvalue weighted by molar-refractivity contribution is 6.16. The minimum atomic E-state index is -0.606. The van der Waals surface area contributed by atoms with Gasteiger partial charge in [0.2, 0.25) is 0 Å². The van der Waals surface area contributed by atoms with Crippen molar-refractivity contribution in [3.8, 4) is 0 Å². The van der Waals surface area contributed by atoms with Gasteiger partial charge in [0.1, 0.15) is 11.7 Å². The highest BCUT2D eigenvalue weighted by Crippen LogP contribution is 2.52. The number of furan rings is 1. The molecule has 1 aromatic heterocycles. The van der Waals surface area contributed by atoms with Gasteiger partial charge in [-0.3, -0.25) is 9.59 Å². The zero-order valence-corrected chi connectivity index (χ0v) is 10.1. The summed E-state index contributed by atoms with van der Waals surface area (Å²) in [5.41, 5.74) is 0.749. The van der Waals surface area contributed by atoms with Crippen LogP contribution < -0.4 is 0 Å². The Bertz CT molecular complexity index is 516. The van der Waals surface area contributed by atoms with Gasteiger partial charge in [0.25, 0.3) is 0 Å². The van der Waals surface area contributed by atoms with Crippen molar-refractivity contribution in [2.45, 2.75) is 37.9 Å². The van der Waals surface area contributed by atoms with Crippen LogP contribution in [0.5, 0.6) is 0 Å². The summed E-state index contributed by atoms with van der Waals surface area (Å²) in [4.78, 5) is 25.0. The molecule has 0 aromatic carbocycles. The molecule has 0 spiro atoms. The van der Waals surface area contributed by atoms with E-state index in [9.17, 15) is 9.59 Å². The van der Waals surface area contributed by atoms with E-state index < -0.39 is 5.92 Å². The highest BCUT2D eigenvalue weighted by Gasteiger charge is 2.63. The maximum Gasteiger partial charge on any atom is 0.154 e. The molecule has 94 valence electrons. The molecule has 4 rings (SSSR count). The lowest BCUT2D eigenvalue weighted by Crippen LogP contribution is -2.29. The van der Waals surface area contributed by atoms with Gasteiger partial charge in [-0.15, -0.1) is 0 Å². The van der Waals surface area contributed by atoms with Crippen LogP contribution in [0.2, 0.25) is 0 Å². The molecular weight excluding hydrogens is 232 g/mol. The van der Waals surface area contributed by atoms with Crippen molar-refractivity contribution < 1.29 is 18.7 Å². The number of carbonyl (C=O) groups excluding carboxylic acids is 2. The van der Waals surface area contributed by atoms with Crippen molar-refractivity contribution in [3.63, 3.8) is 0 Å². The van der Waals surface area contributed by atoms with Crippen LogP contribution in [0, 0.1) is 18.8 Å². The number of rotatable bonds is 1. The molecule has 0 amide bonds. The van der Waals surface area contributed by atoms with Crippen molar-refractivity contribution in [1.29, 1.82) is 0 Å². The molecule has 1 saturated carbocycles. The summed E-state index contributed by atoms with van der Waals surface area (Å²) in [6.45, 7) is 1.80. The number of aryl methyl sites for hydroxylation is 1. The van der Waals surface area contributed by atoms with Crippen molar-refractivity contribution >= 4 is 11.6 Å². The van der Waals surface area contributed by atoms with Crippen LogP contribution in [0.3, 0.4) is 0 Å². The minimum absolute atomic E-state index is 0.0198. The highest BCUT2D eigenvalue weighted by atomic mass is 16.5. The third-order valence-electron chi connectivity index (χ3n) is 4.71. The van der Waals surface area contributed by atoms with Crippen LogP contribution in [0.4, 0.5) is 0 Å². The number of Topliss-reactive ketones (excluding diaryl/α,β-unsaturated/α-hetero) is 2. The number of ether oxygens (including phenoxy) is 1. The lowest BCUT2D eigenvalue weighted by molar-refractivity contribution is -0.127. The lowest BCUT2D eigenvalue weighted by atomic mass is 9.81. The predicted molar refractivity (Wildman–Crippen MR) is 61.1 cm³/mol. The van der Waals surface area contributed by atoms with E-state index in [4.69, 9.17) is 9.15 Å². The van der Waals surface area contributed by atoms with Gasteiger partial charge < -0.3 is 9.15 Å². The van der Waals surface area contributed by atoms with E-state index in [0.29, 0.717) is 5.76 Å². The topological polar surface area (TPSA) is 56.5 Å². The summed E-state index contributed by atoms with van der Waals surface area (Å²) in [6.07, 6.45) is 3.34. The van der Waals surface area contributed by atoms with Gasteiger partial charge in [0.15, 0.2) is 11.6 Å². The van der Waals surface area contributed by atoms with Gasteiger partial charge in [0.05, 0.1) is 30.3 Å². The van der Waals surface area contributed by atoms with E-state index in [2.05, 4.69) is 0 Å². The zero-order valence-electron chi connectivity index (χ0n) is 10.1. The number of fused-ring (bicyclic) bond motifs is 5. The van der Waals surface area contributed by atoms with Crippen LogP contribution >= 0.6 is 0 Å². The lowest BCUT2D eigenvalue weighted by Gasteiger charge is -2.16. The van der Waals surface area contributed by atoms with Crippen LogP contribution in [-0.4, -0.2) is 23.8 Å². The molecule has 1 unspecified atom stereocenters. The smallest absolute Gasteiger partial charge is 0.154 e. The Labute approximate surface area is 104 Å². The van der Waals surface area contributed by atoms with E-state index >= 15 is 0 Å². The molecule has 5 atom stereocenters. The van der Waals surface area contributed by atoms with Crippen molar-refractivity contribution in [2.75, 3.05) is 0 Å². The summed E-state index contributed by atoms with van der Waals surface area (Å²) in [7, 11) is 0. The maximum atomic E-state index is 12.5. The molecule has 2 saturated heterocycles. The molecule has 2 aliphatic heterocycles. The monoisotopic (exact) mass is 246 g/mol. The summed E-state index contributed by atoms with van der Waals surface area (Å²) in [5.74, 6) is -0.241. The number of carbonyl (C=O) groups is 2. The van der Waals surface area contributed by atoms with E-state index in [1.807, 2.05) is 0 Å². The molecular formula is C14H14O4. The summed E-state index contributed by atoms with van der Waals surface area (Å²) in [6, 6.07) is 1.75. The van der Waals surface area contributed by atoms with E-state index in [1.54, 1.807) is 19.3 Å². The first-order chi connectivity index (χ1) is 8.68. The van der Waals surface area contributed by atoms with Gasteiger partial charge in [-0.1, -0.05) is 0 Å². The number of hydrogen-bond donors (Lipinski definition) is 0. The molecule has 3 heterocycles. The fourth-order valence-electron chi connectivity index (χ4n) is 3.93. The minimum Gasteiger partial charge on any atom is -0.469 e. The Morgan fingerprint density at radius 3 is 2.22 bits per heavy atom. The normalized spacial score (nSPS) is 41.7. The van der Waals surface area contributed by atoms with E-state index in [-0.39, 0.29) is 35.6 Å². The zero-order chi connectivity index (χ0) is 12.4. The Morgan fingerprint density at radius 2 is 1.72 bits per heavy atom. The second kappa shape index (κ2) is 3.32. The maximum absolute atomic E-state index is 12.5. The molecule has 1 aromatic rings. The molecule has 0 radical (unpaired) electrons. The van der Waals surface area contributed by atoms with Gasteiger partial charge in [-0.05, 0) is 25.8 Å². The Morgan fingerprint density at radius 1 is 1.11 bits per heavy atom. The van der Waals surface area contributed by atoms with E-state index in [0.717, 1.165) is 18.4 Å². The van der Waals surface area contributed by atoms with Crippen molar-refractivity contribution in [2.24, 2.45) is 11.8 Å². The standard InChI is InChI=1S/C14H14O4/c1-6-7(4-5-17-6)10-13(15)11-8-2-3-9(18-8)12(11)14(10)16/h4-5,8-12H,2-3H2,1H3/t8-,9+,10?,11-,12+. The molecule has 4 nitrogen and oxygen atoms in total. The first kappa shape index (κ1) is 10.5. The van der Waals surface area contributed by atoms with Gasteiger partial charge in [-0.2, -0.15) is 0 Å². The average molecular weight is 246 g/mol. The number of ketones is 2. The molecule has 0 N–H and O–H groups in total. The fourth-order valence-corrected chi connectivity index (χ4v) is 3.93. The third-order valence-corrected chi connectivity index (χ3v) is 4.71. The molecule has 1 aliphatic carbocycles. The van der Waals surface area contributed by atoms with Gasteiger partial charge in [-0.25, -0.2) is 0 Å². The Hall–Kier alpha value is -1.42. The van der Waals surface area contributed by atoms with Crippen LogP contribution in [0.15, 0.2) is 16.7 Å². The van der Waals surface area contributed by atoms with E-state index in [1.165, 1.54) is 0 Å². The quantitative estimate of drug-likeness (QED) is 0.706. The Kier molecular flexibility index (Phi) is 1.94. The molecule has 18 heavy (non-hydrogen) atoms. The molecule has 2 bridgehead atoms. The average Bonchev–Trinajstić information content (AvgIpc) is 3.06. The summed E-state index contributed by atoms with van der Waals surface area (Å²) in [5, 5.41) is 0. The van der Waals surface area contributed by atoms with Gasteiger partial charge >= 0.3 is 0 Å². The SMILES string of the molecule is Cc1occc1C1C(=O)[C@@H]2[C@H](C1=O)[C@H]1CC[C@@H]2O1. The first-order valence-electron chi connectivity index (χ1n) is 6.45. The molecule has 3 aliphatic rings. The molecule has 3 fully saturated rings. The van der Waals surface area contributed by atoms with Crippen molar-refractivity contribution in [1.82, 2.24) is 0 Å². The molecule has 4 heteroatoms.